The van der Waals surface area contributed by atoms with Gasteiger partial charge in [0.2, 0.25) is 5.95 Å². The van der Waals surface area contributed by atoms with E-state index in [4.69, 9.17) is 33.7 Å². The van der Waals surface area contributed by atoms with Gasteiger partial charge in [0.05, 0.1) is 10.0 Å². The van der Waals surface area contributed by atoms with Gasteiger partial charge in [0.1, 0.15) is 23.0 Å². The van der Waals surface area contributed by atoms with Gasteiger partial charge in [0, 0.05) is 18.4 Å². The number of nitrogens with two attached hydrogens (primary N) is 1. The van der Waals surface area contributed by atoms with E-state index in [1.807, 2.05) is 0 Å². The second-order valence-corrected chi connectivity index (χ2v) is 10.8. The number of esters is 1. The molecule has 36 heavy (non-hydrogen) atoms. The average molecular weight is 548 g/mol. The first kappa shape index (κ1) is 28.3. The van der Waals surface area contributed by atoms with Crippen molar-refractivity contribution in [3.8, 4) is 0 Å². The first-order valence-corrected chi connectivity index (χ1v) is 12.4. The maximum atomic E-state index is 13.6. The molecule has 3 atom stereocenters. The highest BCUT2D eigenvalue weighted by molar-refractivity contribution is 6.42. The normalized spacial score (nSPS) is 19.5. The number of nitrogens with one attached hydrogen (secondary N) is 2. The smallest absolute Gasteiger partial charge is 0.421 e. The summed E-state index contributed by atoms with van der Waals surface area (Å²) in [5, 5.41) is 6.31. The van der Waals surface area contributed by atoms with Crippen LogP contribution in [0.4, 0.5) is 30.6 Å². The highest BCUT2D eigenvalue weighted by Gasteiger charge is 2.36. The molecule has 1 heterocycles. The van der Waals surface area contributed by atoms with Crippen LogP contribution in [0.3, 0.4) is 0 Å². The van der Waals surface area contributed by atoms with Crippen molar-refractivity contribution in [2.45, 2.75) is 64.3 Å². The van der Waals surface area contributed by atoms with E-state index in [0.29, 0.717) is 17.1 Å². The number of ether oxygens (including phenoxy) is 1. The lowest BCUT2D eigenvalue weighted by molar-refractivity contribution is -0.158. The molecule has 4 N–H and O–H groups in total. The van der Waals surface area contributed by atoms with Crippen molar-refractivity contribution in [3.05, 3.63) is 40.0 Å². The molecule has 0 amide bonds. The topological polar surface area (TPSA) is 102 Å². The van der Waals surface area contributed by atoms with Gasteiger partial charge in [0.15, 0.2) is 0 Å². The number of halogens is 5. The molecule has 3 unspecified atom stereocenters. The summed E-state index contributed by atoms with van der Waals surface area (Å²) in [5.41, 5.74) is 5.03. The van der Waals surface area contributed by atoms with E-state index in [2.05, 4.69) is 20.6 Å². The van der Waals surface area contributed by atoms with Crippen LogP contribution in [0.5, 0.6) is 0 Å². The Hall–Kier alpha value is -2.30. The lowest BCUT2D eigenvalue weighted by Gasteiger charge is -2.33. The fourth-order valence-corrected chi connectivity index (χ4v) is 4.43. The number of carbonyl (C=O) groups is 1. The van der Waals surface area contributed by atoms with Crippen LogP contribution in [-0.4, -0.2) is 34.1 Å². The fraction of sp³-hybridized carbons (Fsp3) is 0.542. The highest BCUT2D eigenvalue weighted by Crippen LogP contribution is 2.36. The standard InChI is InChI=1S/C24H30Cl2F3N5O2/c1-23(2,3)36-21(35)19(30)14-6-4-5-13(9-14)11-31-20-16(24(27,28)29)12-32-22(34-20)33-15-7-8-17(25)18(26)10-15/h7-8,10,12-14,19H,4-6,9,11,30H2,1-3H3,(H2,31,32,33,34). The van der Waals surface area contributed by atoms with Gasteiger partial charge in [-0.15, -0.1) is 0 Å². The van der Waals surface area contributed by atoms with Crippen LogP contribution in [-0.2, 0) is 15.7 Å². The zero-order valence-corrected chi connectivity index (χ0v) is 21.8. The molecule has 1 fully saturated rings. The maximum absolute atomic E-state index is 13.6. The summed E-state index contributed by atoms with van der Waals surface area (Å²) in [6, 6.07) is 3.91. The van der Waals surface area contributed by atoms with Crippen molar-refractivity contribution in [3.63, 3.8) is 0 Å². The minimum absolute atomic E-state index is 0.0137. The lowest BCUT2D eigenvalue weighted by Crippen LogP contribution is -2.44. The predicted molar refractivity (Wildman–Crippen MR) is 135 cm³/mol. The SMILES string of the molecule is CC(C)(C)OC(=O)C(N)C1CCCC(CNc2nc(Nc3ccc(Cl)c(Cl)c3)ncc2C(F)(F)F)C1. The summed E-state index contributed by atoms with van der Waals surface area (Å²) in [7, 11) is 0. The summed E-state index contributed by atoms with van der Waals surface area (Å²) in [5.74, 6) is -0.926. The molecule has 2 aromatic rings. The van der Waals surface area contributed by atoms with Gasteiger partial charge >= 0.3 is 12.1 Å². The van der Waals surface area contributed by atoms with Gasteiger partial charge in [-0.2, -0.15) is 18.2 Å². The zero-order chi connectivity index (χ0) is 26.7. The van der Waals surface area contributed by atoms with Crippen molar-refractivity contribution < 1.29 is 22.7 Å². The summed E-state index contributed by atoms with van der Waals surface area (Å²) < 4.78 is 46.3. The van der Waals surface area contributed by atoms with Crippen molar-refractivity contribution in [2.24, 2.45) is 17.6 Å². The van der Waals surface area contributed by atoms with Crippen molar-refractivity contribution in [1.29, 1.82) is 0 Å². The van der Waals surface area contributed by atoms with Crippen LogP contribution in [0.2, 0.25) is 10.0 Å². The lowest BCUT2D eigenvalue weighted by atomic mass is 9.78. The van der Waals surface area contributed by atoms with Crippen LogP contribution in [0, 0.1) is 11.8 Å². The van der Waals surface area contributed by atoms with E-state index in [1.54, 1.807) is 32.9 Å². The summed E-state index contributed by atoms with van der Waals surface area (Å²) in [6.07, 6.45) is -0.945. The van der Waals surface area contributed by atoms with Gasteiger partial charge in [-0.1, -0.05) is 29.6 Å². The van der Waals surface area contributed by atoms with Crippen LogP contribution < -0.4 is 16.4 Å². The number of hydrogen-bond acceptors (Lipinski definition) is 7. The Morgan fingerprint density at radius 3 is 2.58 bits per heavy atom. The first-order chi connectivity index (χ1) is 16.7. The molecular formula is C24H30Cl2F3N5O2. The molecule has 1 aliphatic carbocycles. The number of nitrogens with zero attached hydrogens (tertiary/aromatic N) is 2. The quantitative estimate of drug-likeness (QED) is 0.343. The van der Waals surface area contributed by atoms with E-state index >= 15 is 0 Å². The number of benzene rings is 1. The predicted octanol–water partition coefficient (Wildman–Crippen LogP) is 6.43. The molecule has 1 saturated carbocycles. The number of hydrogen-bond donors (Lipinski definition) is 3. The van der Waals surface area contributed by atoms with E-state index in [0.717, 1.165) is 25.5 Å². The fourth-order valence-electron chi connectivity index (χ4n) is 4.13. The number of rotatable bonds is 7. The van der Waals surface area contributed by atoms with E-state index < -0.39 is 29.4 Å². The average Bonchev–Trinajstić information content (AvgIpc) is 2.78. The Morgan fingerprint density at radius 2 is 1.94 bits per heavy atom. The Bertz CT molecular complexity index is 1080. The zero-order valence-electron chi connectivity index (χ0n) is 20.3. The second kappa shape index (κ2) is 11.4. The third-order valence-electron chi connectivity index (χ3n) is 5.84. The Morgan fingerprint density at radius 1 is 1.22 bits per heavy atom. The van der Waals surface area contributed by atoms with E-state index in [1.165, 1.54) is 6.07 Å². The number of anilines is 3. The summed E-state index contributed by atoms with van der Waals surface area (Å²) in [4.78, 5) is 20.3. The van der Waals surface area contributed by atoms with Crippen molar-refractivity contribution >= 4 is 46.6 Å². The van der Waals surface area contributed by atoms with Crippen LogP contribution >= 0.6 is 23.2 Å². The molecule has 7 nitrogen and oxygen atoms in total. The van der Waals surface area contributed by atoms with E-state index in [9.17, 15) is 18.0 Å². The molecule has 3 rings (SSSR count). The van der Waals surface area contributed by atoms with Crippen molar-refractivity contribution in [2.75, 3.05) is 17.2 Å². The Kier molecular flexibility index (Phi) is 8.95. The molecular weight excluding hydrogens is 518 g/mol. The minimum Gasteiger partial charge on any atom is -0.459 e. The molecule has 198 valence electrons. The van der Waals surface area contributed by atoms with Crippen LogP contribution in [0.15, 0.2) is 24.4 Å². The number of alkyl halides is 3. The largest absolute Gasteiger partial charge is 0.459 e. The Balaban J connectivity index is 1.70. The van der Waals surface area contributed by atoms with Crippen LogP contribution in [0.1, 0.15) is 52.0 Å². The van der Waals surface area contributed by atoms with Gasteiger partial charge in [-0.05, 0) is 70.1 Å². The summed E-state index contributed by atoms with van der Waals surface area (Å²) >= 11 is 11.9. The maximum Gasteiger partial charge on any atom is 0.421 e. The molecule has 12 heteroatoms. The number of aromatic nitrogens is 2. The van der Waals surface area contributed by atoms with Gasteiger partial charge in [0.25, 0.3) is 0 Å². The molecule has 0 bridgehead atoms. The molecule has 0 saturated heterocycles. The molecule has 1 aliphatic rings. The monoisotopic (exact) mass is 547 g/mol. The molecule has 1 aromatic carbocycles. The minimum atomic E-state index is -4.64. The first-order valence-electron chi connectivity index (χ1n) is 11.6. The van der Waals surface area contributed by atoms with Crippen molar-refractivity contribution in [1.82, 2.24) is 9.97 Å². The molecule has 0 radical (unpaired) electrons. The third-order valence-corrected chi connectivity index (χ3v) is 6.58. The Labute approximate surface area is 218 Å². The molecule has 0 spiro atoms. The third kappa shape index (κ3) is 7.85. The van der Waals surface area contributed by atoms with Gasteiger partial charge < -0.3 is 21.1 Å². The van der Waals surface area contributed by atoms with Gasteiger partial charge in [-0.25, -0.2) is 4.98 Å². The number of carbonyl (C=O) groups excluding carboxylic acids is 1. The van der Waals surface area contributed by atoms with E-state index in [-0.39, 0.29) is 35.2 Å². The van der Waals surface area contributed by atoms with Crippen LogP contribution in [0.25, 0.3) is 0 Å². The summed E-state index contributed by atoms with van der Waals surface area (Å²) in [6.45, 7) is 5.56. The highest BCUT2D eigenvalue weighted by atomic mass is 35.5. The second-order valence-electron chi connectivity index (χ2n) is 9.94. The molecule has 0 aliphatic heterocycles. The molecule has 1 aromatic heterocycles. The van der Waals surface area contributed by atoms with Gasteiger partial charge in [-0.3, -0.25) is 4.79 Å².